The summed E-state index contributed by atoms with van der Waals surface area (Å²) in [5, 5.41) is 0. The van der Waals surface area contributed by atoms with Crippen LogP contribution in [0.5, 0.6) is 0 Å². The van der Waals surface area contributed by atoms with E-state index in [0.29, 0.717) is 5.69 Å². The van der Waals surface area contributed by atoms with E-state index in [0.717, 1.165) is 6.07 Å². The molecule has 1 heterocycles. The van der Waals surface area contributed by atoms with Crippen molar-refractivity contribution in [2.75, 3.05) is 0 Å². The molecule has 11 heavy (non-hydrogen) atoms. The van der Waals surface area contributed by atoms with Crippen LogP contribution in [-0.4, -0.2) is 13.7 Å². The highest BCUT2D eigenvalue weighted by atomic mass is 32.2. The molecule has 60 valence electrons. The predicted molar refractivity (Wildman–Crippen MR) is 38.0 cm³/mol. The van der Waals surface area contributed by atoms with E-state index in [9.17, 15) is 8.60 Å². The SMILES string of the molecule is Cc1cc(S(=O)O)cc(F)n1. The first kappa shape index (κ1) is 8.29. The van der Waals surface area contributed by atoms with E-state index in [-0.39, 0.29) is 4.90 Å². The smallest absolute Gasteiger partial charge is 0.214 e. The molecule has 1 atom stereocenters. The van der Waals surface area contributed by atoms with E-state index in [1.807, 2.05) is 0 Å². The Kier molecular flexibility index (Phi) is 2.31. The highest BCUT2D eigenvalue weighted by Crippen LogP contribution is 2.07. The fourth-order valence-corrected chi connectivity index (χ4v) is 1.17. The molecule has 0 saturated carbocycles. The average molecular weight is 175 g/mol. The monoisotopic (exact) mass is 175 g/mol. The number of hydrogen-bond acceptors (Lipinski definition) is 2. The zero-order valence-electron chi connectivity index (χ0n) is 5.74. The Bertz CT molecular complexity index is 282. The molecule has 1 aromatic rings. The van der Waals surface area contributed by atoms with Crippen LogP contribution in [0.25, 0.3) is 0 Å². The summed E-state index contributed by atoms with van der Waals surface area (Å²) in [6.45, 7) is 1.56. The van der Waals surface area contributed by atoms with Crippen LogP contribution in [0, 0.1) is 12.9 Å². The zero-order chi connectivity index (χ0) is 8.43. The summed E-state index contributed by atoms with van der Waals surface area (Å²) in [5.41, 5.74) is 0.391. The van der Waals surface area contributed by atoms with E-state index in [1.165, 1.54) is 6.07 Å². The Balaban J connectivity index is 3.19. The Morgan fingerprint density at radius 2 is 2.27 bits per heavy atom. The van der Waals surface area contributed by atoms with Gasteiger partial charge in [-0.15, -0.1) is 0 Å². The molecule has 1 aromatic heterocycles. The number of nitrogens with zero attached hydrogens (tertiary/aromatic N) is 1. The van der Waals surface area contributed by atoms with Crippen molar-refractivity contribution in [1.29, 1.82) is 0 Å². The second-order valence-corrected chi connectivity index (χ2v) is 2.99. The molecule has 0 bridgehead atoms. The van der Waals surface area contributed by atoms with E-state index in [1.54, 1.807) is 6.92 Å². The van der Waals surface area contributed by atoms with Crippen molar-refractivity contribution < 1.29 is 13.2 Å². The number of aromatic nitrogens is 1. The van der Waals surface area contributed by atoms with Gasteiger partial charge in [-0.2, -0.15) is 4.39 Å². The van der Waals surface area contributed by atoms with Crippen molar-refractivity contribution in [3.05, 3.63) is 23.8 Å². The molecule has 3 nitrogen and oxygen atoms in total. The summed E-state index contributed by atoms with van der Waals surface area (Å²) in [4.78, 5) is 3.44. The van der Waals surface area contributed by atoms with Crippen molar-refractivity contribution in [1.82, 2.24) is 4.98 Å². The molecule has 0 aliphatic rings. The lowest BCUT2D eigenvalue weighted by Crippen LogP contribution is -1.94. The zero-order valence-corrected chi connectivity index (χ0v) is 6.56. The van der Waals surface area contributed by atoms with Crippen molar-refractivity contribution in [3.8, 4) is 0 Å². The highest BCUT2D eigenvalue weighted by molar-refractivity contribution is 7.79. The number of rotatable bonds is 1. The van der Waals surface area contributed by atoms with Crippen molar-refractivity contribution in [3.63, 3.8) is 0 Å². The van der Waals surface area contributed by atoms with Gasteiger partial charge in [0, 0.05) is 11.8 Å². The molecule has 1 unspecified atom stereocenters. The van der Waals surface area contributed by atoms with E-state index < -0.39 is 17.0 Å². The van der Waals surface area contributed by atoms with Crippen LogP contribution in [0.3, 0.4) is 0 Å². The van der Waals surface area contributed by atoms with Crippen molar-refractivity contribution in [2.45, 2.75) is 11.8 Å². The Labute approximate surface area is 65.6 Å². The maximum absolute atomic E-state index is 12.4. The van der Waals surface area contributed by atoms with Gasteiger partial charge in [0.15, 0.2) is 11.1 Å². The van der Waals surface area contributed by atoms with Crippen LogP contribution >= 0.6 is 0 Å². The van der Waals surface area contributed by atoms with Crippen LogP contribution in [0.4, 0.5) is 4.39 Å². The normalized spacial score (nSPS) is 13.0. The van der Waals surface area contributed by atoms with Crippen molar-refractivity contribution >= 4 is 11.1 Å². The molecule has 0 aromatic carbocycles. The highest BCUT2D eigenvalue weighted by Gasteiger charge is 2.03. The van der Waals surface area contributed by atoms with Crippen LogP contribution in [-0.2, 0) is 11.1 Å². The van der Waals surface area contributed by atoms with Crippen LogP contribution in [0.2, 0.25) is 0 Å². The lowest BCUT2D eigenvalue weighted by atomic mass is 10.4. The van der Waals surface area contributed by atoms with Gasteiger partial charge in [-0.3, -0.25) is 0 Å². The Hall–Kier alpha value is -0.810. The van der Waals surface area contributed by atoms with Gasteiger partial charge >= 0.3 is 0 Å². The maximum Gasteiger partial charge on any atom is 0.214 e. The van der Waals surface area contributed by atoms with E-state index >= 15 is 0 Å². The second-order valence-electron chi connectivity index (χ2n) is 2.02. The summed E-state index contributed by atoms with van der Waals surface area (Å²) in [5.74, 6) is -0.734. The van der Waals surface area contributed by atoms with E-state index in [2.05, 4.69) is 4.98 Å². The van der Waals surface area contributed by atoms with Crippen LogP contribution in [0.1, 0.15) is 5.69 Å². The van der Waals surface area contributed by atoms with Gasteiger partial charge in [-0.1, -0.05) is 0 Å². The quantitative estimate of drug-likeness (QED) is 0.513. The fourth-order valence-electron chi connectivity index (χ4n) is 0.699. The molecule has 0 radical (unpaired) electrons. The summed E-state index contributed by atoms with van der Waals surface area (Å²) < 4.78 is 31.4. The number of hydrogen-bond donors (Lipinski definition) is 1. The van der Waals surface area contributed by atoms with Gasteiger partial charge in [0.25, 0.3) is 0 Å². The lowest BCUT2D eigenvalue weighted by molar-refractivity contribution is 0.553. The van der Waals surface area contributed by atoms with Gasteiger partial charge in [-0.25, -0.2) is 9.19 Å². The predicted octanol–water partition coefficient (Wildman–Crippen LogP) is 1.11. The molecule has 1 N–H and O–H groups in total. The Morgan fingerprint density at radius 3 is 2.73 bits per heavy atom. The number of aryl methyl sites for hydroxylation is 1. The third kappa shape index (κ3) is 2.06. The van der Waals surface area contributed by atoms with Crippen molar-refractivity contribution in [2.24, 2.45) is 0 Å². The molecular weight excluding hydrogens is 169 g/mol. The van der Waals surface area contributed by atoms with Gasteiger partial charge in [-0.05, 0) is 13.0 Å². The summed E-state index contributed by atoms with van der Waals surface area (Å²) in [7, 11) is 0. The van der Waals surface area contributed by atoms with Gasteiger partial charge in [0.1, 0.15) is 0 Å². The average Bonchev–Trinajstić information content (AvgIpc) is 1.85. The number of halogens is 1. The molecule has 5 heteroatoms. The van der Waals surface area contributed by atoms with Crippen LogP contribution in [0.15, 0.2) is 17.0 Å². The minimum Gasteiger partial charge on any atom is -0.302 e. The standard InChI is InChI=1S/C6H6FNO2S/c1-4-2-5(11(9)10)3-6(7)8-4/h2-3H,1H3,(H,9,10). The lowest BCUT2D eigenvalue weighted by Gasteiger charge is -1.96. The van der Waals surface area contributed by atoms with E-state index in [4.69, 9.17) is 4.55 Å². The molecule has 1 rings (SSSR count). The topological polar surface area (TPSA) is 50.2 Å². The fraction of sp³-hybridized carbons (Fsp3) is 0.167. The van der Waals surface area contributed by atoms with Gasteiger partial charge in [0.2, 0.25) is 5.95 Å². The third-order valence-electron chi connectivity index (χ3n) is 1.10. The molecule has 0 spiro atoms. The van der Waals surface area contributed by atoms with Gasteiger partial charge < -0.3 is 4.55 Å². The third-order valence-corrected chi connectivity index (χ3v) is 1.74. The first-order chi connectivity index (χ1) is 5.09. The van der Waals surface area contributed by atoms with Gasteiger partial charge in [0.05, 0.1) is 4.90 Å². The Morgan fingerprint density at radius 1 is 1.64 bits per heavy atom. The first-order valence-corrected chi connectivity index (χ1v) is 3.95. The summed E-state index contributed by atoms with van der Waals surface area (Å²) in [6.07, 6.45) is 0. The molecule has 0 saturated heterocycles. The molecular formula is C6H6FNO2S. The first-order valence-electron chi connectivity index (χ1n) is 2.84. The largest absolute Gasteiger partial charge is 0.302 e. The number of pyridine rings is 1. The maximum atomic E-state index is 12.4. The van der Waals surface area contributed by atoms with Crippen LogP contribution < -0.4 is 0 Å². The molecule has 0 fully saturated rings. The summed E-state index contributed by atoms with van der Waals surface area (Å²) in [6, 6.07) is 2.29. The second kappa shape index (κ2) is 3.06. The minimum absolute atomic E-state index is 0.0370. The minimum atomic E-state index is -2.13. The summed E-state index contributed by atoms with van der Waals surface area (Å²) >= 11 is -2.13. The molecule has 0 aliphatic heterocycles. The molecule has 0 aliphatic carbocycles. The molecule has 0 amide bonds.